The molecule has 316 valence electrons. The number of fused-ring (bicyclic) bond motifs is 11. The predicted octanol–water partition coefficient (Wildman–Crippen LogP) is 18.3. The average molecular weight is 881 g/mol. The molecule has 11 aromatic carbocycles. The molecule has 3 heteroatoms. The van der Waals surface area contributed by atoms with E-state index in [1.807, 2.05) is 11.3 Å². The SMILES string of the molecule is c1ccc(-c2cc(-c3ccccc3)cc(-c3ccc(-c4ccc(-c5ccc(-c6cc7c8ccccc8sc7c7nc8c9cc%10ccccc%10cc9ccc8n67)cc5)c5ccccc45)cc3)c2)cc1. The van der Waals surface area contributed by atoms with Gasteiger partial charge >= 0.3 is 0 Å². The van der Waals surface area contributed by atoms with Crippen molar-refractivity contribution < 1.29 is 0 Å². The fraction of sp³-hybridized carbons (Fsp3) is 0. The summed E-state index contributed by atoms with van der Waals surface area (Å²) in [4.78, 5) is 5.52. The highest BCUT2D eigenvalue weighted by molar-refractivity contribution is 7.26. The lowest BCUT2D eigenvalue weighted by Crippen LogP contribution is -1.93. The van der Waals surface area contributed by atoms with E-state index in [0.717, 1.165) is 27.9 Å². The van der Waals surface area contributed by atoms with E-state index in [2.05, 4.69) is 247 Å². The van der Waals surface area contributed by atoms with E-state index in [0.29, 0.717) is 0 Å². The van der Waals surface area contributed by atoms with Crippen molar-refractivity contribution in [1.29, 1.82) is 0 Å². The van der Waals surface area contributed by atoms with Crippen LogP contribution in [0.4, 0.5) is 0 Å². The highest BCUT2D eigenvalue weighted by Crippen LogP contribution is 2.43. The minimum atomic E-state index is 1.01. The van der Waals surface area contributed by atoms with Gasteiger partial charge in [0.15, 0.2) is 5.65 Å². The number of aromatic nitrogens is 2. The summed E-state index contributed by atoms with van der Waals surface area (Å²) >= 11 is 1.83. The Morgan fingerprint density at radius 1 is 0.309 bits per heavy atom. The van der Waals surface area contributed by atoms with Crippen molar-refractivity contribution in [3.63, 3.8) is 0 Å². The Labute approximate surface area is 397 Å². The number of hydrogen-bond donors (Lipinski definition) is 0. The molecule has 0 saturated carbocycles. The van der Waals surface area contributed by atoms with Crippen LogP contribution in [0.3, 0.4) is 0 Å². The van der Waals surface area contributed by atoms with Crippen LogP contribution in [-0.2, 0) is 0 Å². The van der Waals surface area contributed by atoms with Crippen LogP contribution in [0.1, 0.15) is 0 Å². The van der Waals surface area contributed by atoms with E-state index in [4.69, 9.17) is 4.98 Å². The highest BCUT2D eigenvalue weighted by atomic mass is 32.1. The Balaban J connectivity index is 0.855. The van der Waals surface area contributed by atoms with Crippen LogP contribution >= 0.6 is 11.3 Å². The molecule has 0 N–H and O–H groups in total. The van der Waals surface area contributed by atoms with Crippen LogP contribution in [0.25, 0.3) is 136 Å². The van der Waals surface area contributed by atoms with Crippen molar-refractivity contribution in [1.82, 2.24) is 9.38 Å². The molecule has 68 heavy (non-hydrogen) atoms. The van der Waals surface area contributed by atoms with E-state index in [1.165, 1.54) is 108 Å². The molecule has 2 nitrogen and oxygen atoms in total. The molecular weight excluding hydrogens is 841 g/mol. The van der Waals surface area contributed by atoms with Crippen LogP contribution < -0.4 is 0 Å². The van der Waals surface area contributed by atoms with E-state index in [1.54, 1.807) is 0 Å². The molecule has 0 atom stereocenters. The van der Waals surface area contributed by atoms with E-state index in [9.17, 15) is 0 Å². The Hall–Kier alpha value is -8.63. The molecule has 3 heterocycles. The quantitative estimate of drug-likeness (QED) is 0.152. The van der Waals surface area contributed by atoms with Gasteiger partial charge in [-0.1, -0.05) is 194 Å². The summed E-state index contributed by atoms with van der Waals surface area (Å²) < 4.78 is 4.89. The molecule has 0 radical (unpaired) electrons. The lowest BCUT2D eigenvalue weighted by molar-refractivity contribution is 1.25. The first kappa shape index (κ1) is 38.6. The number of benzene rings is 11. The summed E-state index contributed by atoms with van der Waals surface area (Å²) in [6.07, 6.45) is 0. The van der Waals surface area contributed by atoms with Gasteiger partial charge < -0.3 is 0 Å². The Morgan fingerprint density at radius 3 is 1.43 bits per heavy atom. The molecule has 0 fully saturated rings. The lowest BCUT2D eigenvalue weighted by Gasteiger charge is -2.14. The van der Waals surface area contributed by atoms with Crippen molar-refractivity contribution in [2.75, 3.05) is 0 Å². The molecule has 14 aromatic rings. The molecular formula is C65H40N2S. The first-order valence-corrected chi connectivity index (χ1v) is 24.1. The molecule has 0 aliphatic heterocycles. The van der Waals surface area contributed by atoms with Gasteiger partial charge in [0.05, 0.1) is 21.4 Å². The third-order valence-electron chi connectivity index (χ3n) is 14.0. The fourth-order valence-corrected chi connectivity index (χ4v) is 11.8. The van der Waals surface area contributed by atoms with Gasteiger partial charge in [0.2, 0.25) is 0 Å². The zero-order valence-corrected chi connectivity index (χ0v) is 37.7. The topological polar surface area (TPSA) is 17.3 Å². The van der Waals surface area contributed by atoms with Gasteiger partial charge in [0.25, 0.3) is 0 Å². The summed E-state index contributed by atoms with van der Waals surface area (Å²) in [5.41, 5.74) is 17.5. The fourth-order valence-electron chi connectivity index (χ4n) is 10.6. The second-order valence-corrected chi connectivity index (χ2v) is 18.9. The van der Waals surface area contributed by atoms with Crippen molar-refractivity contribution in [3.8, 4) is 66.9 Å². The second kappa shape index (κ2) is 15.5. The first-order valence-electron chi connectivity index (χ1n) is 23.3. The van der Waals surface area contributed by atoms with E-state index < -0.39 is 0 Å². The predicted molar refractivity (Wildman–Crippen MR) is 291 cm³/mol. The minimum absolute atomic E-state index is 1.01. The van der Waals surface area contributed by atoms with Gasteiger partial charge in [-0.2, -0.15) is 0 Å². The van der Waals surface area contributed by atoms with Crippen molar-refractivity contribution in [2.45, 2.75) is 0 Å². The van der Waals surface area contributed by atoms with Crippen LogP contribution in [0.5, 0.6) is 0 Å². The molecule has 0 bridgehead atoms. The van der Waals surface area contributed by atoms with E-state index in [-0.39, 0.29) is 0 Å². The van der Waals surface area contributed by atoms with Crippen LogP contribution in [0, 0.1) is 0 Å². The minimum Gasteiger partial charge on any atom is -0.291 e. The smallest absolute Gasteiger partial charge is 0.156 e. The number of hydrogen-bond acceptors (Lipinski definition) is 2. The van der Waals surface area contributed by atoms with Crippen LogP contribution in [0.15, 0.2) is 243 Å². The van der Waals surface area contributed by atoms with Gasteiger partial charge in [0.1, 0.15) is 0 Å². The Kier molecular flexibility index (Phi) is 8.80. The number of imidazole rings is 1. The number of rotatable bonds is 6. The summed E-state index contributed by atoms with van der Waals surface area (Å²) in [7, 11) is 0. The largest absolute Gasteiger partial charge is 0.291 e. The van der Waals surface area contributed by atoms with Crippen LogP contribution in [0.2, 0.25) is 0 Å². The summed E-state index contributed by atoms with van der Waals surface area (Å²) in [5, 5.41) is 9.84. The number of nitrogens with zero attached hydrogens (tertiary/aromatic N) is 2. The second-order valence-electron chi connectivity index (χ2n) is 17.9. The average Bonchev–Trinajstić information content (AvgIpc) is 4.00. The zero-order valence-electron chi connectivity index (χ0n) is 36.9. The monoisotopic (exact) mass is 880 g/mol. The van der Waals surface area contributed by atoms with E-state index >= 15 is 0 Å². The maximum Gasteiger partial charge on any atom is 0.156 e. The molecule has 0 spiro atoms. The number of pyridine rings is 1. The van der Waals surface area contributed by atoms with Gasteiger partial charge in [-0.25, -0.2) is 4.98 Å². The van der Waals surface area contributed by atoms with Crippen molar-refractivity contribution >= 4 is 80.5 Å². The third kappa shape index (κ3) is 6.28. The van der Waals surface area contributed by atoms with Gasteiger partial charge in [0, 0.05) is 20.9 Å². The highest BCUT2D eigenvalue weighted by Gasteiger charge is 2.20. The maximum absolute atomic E-state index is 5.52. The summed E-state index contributed by atoms with van der Waals surface area (Å²) in [5.74, 6) is 0. The van der Waals surface area contributed by atoms with Gasteiger partial charge in [-0.15, -0.1) is 11.3 Å². The molecule has 3 aromatic heterocycles. The first-order chi connectivity index (χ1) is 33.7. The lowest BCUT2D eigenvalue weighted by atomic mass is 9.90. The summed E-state index contributed by atoms with van der Waals surface area (Å²) in [6, 6.07) is 88.9. The van der Waals surface area contributed by atoms with Crippen molar-refractivity contribution in [2.24, 2.45) is 0 Å². The zero-order chi connectivity index (χ0) is 44.7. The standard InChI is InChI=1S/C65H40N2S/c1-3-13-41(14-4-1)50-36-51(42-15-5-2-6-16-42)38-52(37-50)43-23-25-44(26-24-43)53-32-33-54(56-20-10-9-19-55(53)56)45-27-29-46(30-28-45)61-40-59-57-21-11-12-22-62(57)68-64(59)65-66-63-58-39-48-18-8-7-17-47(48)35-49(58)31-34-60(63)67(61)65/h1-40H. The van der Waals surface area contributed by atoms with Gasteiger partial charge in [-0.3, -0.25) is 4.40 Å². The molecule has 0 amide bonds. The van der Waals surface area contributed by atoms with Crippen molar-refractivity contribution in [3.05, 3.63) is 243 Å². The molecule has 0 aliphatic carbocycles. The third-order valence-corrected chi connectivity index (χ3v) is 15.1. The Morgan fingerprint density at radius 2 is 0.809 bits per heavy atom. The normalized spacial score (nSPS) is 11.8. The Bertz CT molecular complexity index is 4220. The molecule has 0 unspecified atom stereocenters. The maximum atomic E-state index is 5.52. The molecule has 14 rings (SSSR count). The number of thiophene rings is 1. The molecule has 0 aliphatic rings. The molecule has 0 saturated heterocycles. The van der Waals surface area contributed by atoms with Crippen LogP contribution in [-0.4, -0.2) is 9.38 Å². The summed E-state index contributed by atoms with van der Waals surface area (Å²) in [6.45, 7) is 0. The van der Waals surface area contributed by atoms with Gasteiger partial charge in [-0.05, 0) is 137 Å².